The highest BCUT2D eigenvalue weighted by molar-refractivity contribution is 5.73. The lowest BCUT2D eigenvalue weighted by Gasteiger charge is -2.60. The van der Waals surface area contributed by atoms with Crippen molar-refractivity contribution < 1.29 is 4.74 Å². The molecule has 3 fully saturated rings. The van der Waals surface area contributed by atoms with Crippen molar-refractivity contribution in [3.63, 3.8) is 0 Å². The van der Waals surface area contributed by atoms with Crippen molar-refractivity contribution in [2.75, 3.05) is 27.2 Å². The monoisotopic (exact) mass is 411 g/mol. The van der Waals surface area contributed by atoms with Gasteiger partial charge in [-0.2, -0.15) is 0 Å². The Labute approximate surface area is 183 Å². The SMILES string of the molecule is CN.COc1cncc(C2=CCC3C4CCN5CCCCCC5(C)C4CCC23C)c1. The Morgan fingerprint density at radius 3 is 2.67 bits per heavy atom. The molecule has 5 atom stereocenters. The van der Waals surface area contributed by atoms with Crippen LogP contribution in [-0.4, -0.2) is 42.7 Å². The zero-order valence-corrected chi connectivity index (χ0v) is 19.5. The lowest BCUT2D eigenvalue weighted by Crippen LogP contribution is -2.61. The molecule has 4 aliphatic rings. The van der Waals surface area contributed by atoms with Gasteiger partial charge in [0.25, 0.3) is 0 Å². The Morgan fingerprint density at radius 2 is 1.87 bits per heavy atom. The second-order valence-electron chi connectivity index (χ2n) is 10.2. The molecule has 2 N–H and O–H groups in total. The van der Waals surface area contributed by atoms with Crippen LogP contribution in [0, 0.1) is 23.2 Å². The van der Waals surface area contributed by atoms with E-state index in [0.717, 1.165) is 23.5 Å². The molecule has 4 heteroatoms. The molecular weight excluding hydrogens is 370 g/mol. The van der Waals surface area contributed by atoms with E-state index in [1.165, 1.54) is 82.6 Å². The molecule has 4 nitrogen and oxygen atoms in total. The number of nitrogens with two attached hydrogens (primary N) is 1. The lowest BCUT2D eigenvalue weighted by atomic mass is 9.52. The Balaban J connectivity index is 0.00000106. The predicted octanol–water partition coefficient (Wildman–Crippen LogP) is 5.14. The first-order valence-electron chi connectivity index (χ1n) is 12.1. The van der Waals surface area contributed by atoms with Crippen LogP contribution in [0.3, 0.4) is 0 Å². The molecule has 5 unspecified atom stereocenters. The fourth-order valence-corrected chi connectivity index (χ4v) is 7.62. The van der Waals surface area contributed by atoms with Crippen LogP contribution in [0.25, 0.3) is 5.57 Å². The van der Waals surface area contributed by atoms with Crippen LogP contribution in [0.4, 0.5) is 0 Å². The quantitative estimate of drug-likeness (QED) is 0.732. The largest absolute Gasteiger partial charge is 0.495 e. The maximum Gasteiger partial charge on any atom is 0.137 e. The minimum absolute atomic E-state index is 0.304. The van der Waals surface area contributed by atoms with Crippen LogP contribution >= 0.6 is 0 Å². The lowest BCUT2D eigenvalue weighted by molar-refractivity contribution is -0.0868. The van der Waals surface area contributed by atoms with Gasteiger partial charge in [0.15, 0.2) is 0 Å². The van der Waals surface area contributed by atoms with Crippen LogP contribution in [0.15, 0.2) is 24.5 Å². The van der Waals surface area contributed by atoms with Crippen LogP contribution in [0.1, 0.15) is 70.8 Å². The van der Waals surface area contributed by atoms with E-state index in [2.05, 4.69) is 41.6 Å². The van der Waals surface area contributed by atoms with Crippen LogP contribution in [0.5, 0.6) is 5.75 Å². The molecule has 5 rings (SSSR count). The maximum atomic E-state index is 5.46. The average molecular weight is 412 g/mol. The summed E-state index contributed by atoms with van der Waals surface area (Å²) < 4.78 is 5.46. The number of allylic oxidation sites excluding steroid dienone is 2. The smallest absolute Gasteiger partial charge is 0.137 e. The summed E-state index contributed by atoms with van der Waals surface area (Å²) in [6.07, 6.45) is 17.5. The third-order valence-electron chi connectivity index (χ3n) is 9.14. The molecule has 0 radical (unpaired) electrons. The summed E-state index contributed by atoms with van der Waals surface area (Å²) in [5, 5.41) is 0. The maximum absolute atomic E-state index is 5.46. The molecule has 0 spiro atoms. The Bertz CT molecular complexity index is 777. The molecule has 3 heterocycles. The van der Waals surface area contributed by atoms with Gasteiger partial charge in [-0.15, -0.1) is 0 Å². The topological polar surface area (TPSA) is 51.4 Å². The van der Waals surface area contributed by atoms with E-state index in [-0.39, 0.29) is 0 Å². The van der Waals surface area contributed by atoms with E-state index < -0.39 is 0 Å². The Morgan fingerprint density at radius 1 is 1.03 bits per heavy atom. The molecule has 0 aromatic carbocycles. The molecule has 30 heavy (non-hydrogen) atoms. The van der Waals surface area contributed by atoms with Crippen molar-refractivity contribution in [2.45, 2.75) is 70.8 Å². The standard InChI is InChI=1S/C25H36N2O.CH5N/c1-24-12-9-23-20(10-14-27-13-6-4-5-11-25(23,27)2)22(24)8-7-21(24)18-15-19(28-3)17-26-16-18;1-2/h7,15-17,20,22-23H,4-6,8-14H2,1-3H3;2H2,1H3. The molecule has 0 amide bonds. The predicted molar refractivity (Wildman–Crippen MR) is 124 cm³/mol. The Kier molecular flexibility index (Phi) is 6.28. The van der Waals surface area contributed by atoms with Gasteiger partial charge in [-0.25, -0.2) is 0 Å². The van der Waals surface area contributed by atoms with Gasteiger partial charge in [-0.05, 0) is 106 Å². The van der Waals surface area contributed by atoms with Crippen molar-refractivity contribution in [1.82, 2.24) is 9.88 Å². The summed E-state index contributed by atoms with van der Waals surface area (Å²) >= 11 is 0. The van der Waals surface area contributed by atoms with Gasteiger partial charge in [0.2, 0.25) is 0 Å². The van der Waals surface area contributed by atoms with Gasteiger partial charge in [0.1, 0.15) is 5.75 Å². The van der Waals surface area contributed by atoms with E-state index in [4.69, 9.17) is 4.74 Å². The number of ether oxygens (including phenoxy) is 1. The number of methoxy groups -OCH3 is 1. The van der Waals surface area contributed by atoms with Crippen molar-refractivity contribution in [3.8, 4) is 5.75 Å². The van der Waals surface area contributed by atoms with Gasteiger partial charge in [-0.3, -0.25) is 9.88 Å². The van der Waals surface area contributed by atoms with Gasteiger partial charge in [0, 0.05) is 11.7 Å². The molecule has 2 aliphatic heterocycles. The minimum Gasteiger partial charge on any atom is -0.495 e. The number of piperidine rings is 1. The number of nitrogens with zero attached hydrogens (tertiary/aromatic N) is 2. The molecule has 166 valence electrons. The van der Waals surface area contributed by atoms with Gasteiger partial charge in [-0.1, -0.05) is 25.8 Å². The fraction of sp³-hybridized carbons (Fsp3) is 0.731. The number of aromatic nitrogens is 1. The van der Waals surface area contributed by atoms with E-state index in [0.29, 0.717) is 11.0 Å². The number of hydrogen-bond donors (Lipinski definition) is 1. The first kappa shape index (κ1) is 21.8. The third kappa shape index (κ3) is 3.40. The van der Waals surface area contributed by atoms with E-state index in [1.54, 1.807) is 7.11 Å². The molecular formula is C26H41N3O. The first-order valence-corrected chi connectivity index (χ1v) is 12.1. The van der Waals surface area contributed by atoms with E-state index in [1.807, 2.05) is 12.4 Å². The summed E-state index contributed by atoms with van der Waals surface area (Å²) in [5.74, 6) is 3.44. The third-order valence-corrected chi connectivity index (χ3v) is 9.14. The van der Waals surface area contributed by atoms with Gasteiger partial charge in [0.05, 0.1) is 13.3 Å². The highest BCUT2D eigenvalue weighted by Gasteiger charge is 2.57. The number of fused-ring (bicyclic) bond motifs is 5. The molecule has 0 bridgehead atoms. The van der Waals surface area contributed by atoms with E-state index in [9.17, 15) is 0 Å². The second kappa shape index (κ2) is 8.63. The molecule has 2 saturated heterocycles. The molecule has 1 aromatic heterocycles. The highest BCUT2D eigenvalue weighted by Crippen LogP contribution is 2.63. The number of rotatable bonds is 2. The Hall–Kier alpha value is -1.39. The van der Waals surface area contributed by atoms with Crippen molar-refractivity contribution >= 4 is 5.57 Å². The van der Waals surface area contributed by atoms with Crippen LogP contribution in [-0.2, 0) is 0 Å². The summed E-state index contributed by atoms with van der Waals surface area (Å²) in [6.45, 7) is 7.82. The molecule has 1 saturated carbocycles. The first-order chi connectivity index (χ1) is 14.6. The van der Waals surface area contributed by atoms with Crippen molar-refractivity contribution in [3.05, 3.63) is 30.1 Å². The van der Waals surface area contributed by atoms with Crippen LogP contribution in [0.2, 0.25) is 0 Å². The molecule has 2 aliphatic carbocycles. The summed E-state index contributed by atoms with van der Waals surface area (Å²) in [6, 6.07) is 2.19. The summed E-state index contributed by atoms with van der Waals surface area (Å²) in [7, 11) is 3.24. The van der Waals surface area contributed by atoms with Gasteiger partial charge >= 0.3 is 0 Å². The number of pyridine rings is 1. The highest BCUT2D eigenvalue weighted by atomic mass is 16.5. The van der Waals surface area contributed by atoms with Crippen molar-refractivity contribution in [1.29, 1.82) is 0 Å². The summed E-state index contributed by atoms with van der Waals surface area (Å²) in [5.41, 5.74) is 8.07. The average Bonchev–Trinajstić information content (AvgIpc) is 3.01. The van der Waals surface area contributed by atoms with Gasteiger partial charge < -0.3 is 10.5 Å². The zero-order valence-electron chi connectivity index (χ0n) is 19.5. The van der Waals surface area contributed by atoms with Crippen LogP contribution < -0.4 is 10.5 Å². The zero-order chi connectivity index (χ0) is 21.4. The normalized spacial score (nSPS) is 38.2. The number of hydrogen-bond acceptors (Lipinski definition) is 4. The van der Waals surface area contributed by atoms with Crippen molar-refractivity contribution in [2.24, 2.45) is 28.9 Å². The minimum atomic E-state index is 0.304. The second-order valence-corrected chi connectivity index (χ2v) is 10.2. The van der Waals surface area contributed by atoms with E-state index >= 15 is 0 Å². The molecule has 1 aromatic rings. The summed E-state index contributed by atoms with van der Waals surface area (Å²) in [4.78, 5) is 7.34. The fourth-order valence-electron chi connectivity index (χ4n) is 7.62.